The van der Waals surface area contributed by atoms with Gasteiger partial charge in [-0.05, 0) is 28.0 Å². The van der Waals surface area contributed by atoms with Gasteiger partial charge in [-0.25, -0.2) is 5.53 Å². The summed E-state index contributed by atoms with van der Waals surface area (Å²) in [6.45, 7) is 0. The quantitative estimate of drug-likeness (QED) is 0.733. The van der Waals surface area contributed by atoms with Crippen molar-refractivity contribution in [1.82, 2.24) is 0 Å². The Balaban J connectivity index is 2.36. The standard InChI is InChI=1S/C11H10N2S/c12-13-11(10-6-7-14-8-10)9-4-2-1-3-5-9/h1-8,11-12H. The van der Waals surface area contributed by atoms with Gasteiger partial charge in [-0.15, -0.1) is 0 Å². The number of nitrogens with zero attached hydrogens (tertiary/aromatic N) is 1. The fourth-order valence-electron chi connectivity index (χ4n) is 1.41. The van der Waals surface area contributed by atoms with E-state index in [1.807, 2.05) is 47.2 Å². The lowest BCUT2D eigenvalue weighted by Crippen LogP contribution is -1.94. The van der Waals surface area contributed by atoms with Gasteiger partial charge in [-0.1, -0.05) is 30.3 Å². The van der Waals surface area contributed by atoms with E-state index in [1.165, 1.54) is 0 Å². The maximum Gasteiger partial charge on any atom is 0.121 e. The molecule has 2 rings (SSSR count). The van der Waals surface area contributed by atoms with Gasteiger partial charge in [0.15, 0.2) is 0 Å². The second kappa shape index (κ2) is 4.15. The molecule has 0 spiro atoms. The van der Waals surface area contributed by atoms with Crippen LogP contribution in [0.5, 0.6) is 0 Å². The third-order valence-electron chi connectivity index (χ3n) is 2.10. The van der Waals surface area contributed by atoms with Crippen molar-refractivity contribution in [1.29, 1.82) is 5.53 Å². The molecule has 0 bridgehead atoms. The average molecular weight is 202 g/mol. The molecule has 0 aliphatic carbocycles. The van der Waals surface area contributed by atoms with Crippen molar-refractivity contribution in [2.45, 2.75) is 6.04 Å². The Labute approximate surface area is 86.7 Å². The van der Waals surface area contributed by atoms with Crippen LogP contribution in [-0.4, -0.2) is 0 Å². The van der Waals surface area contributed by atoms with Crippen LogP contribution < -0.4 is 0 Å². The van der Waals surface area contributed by atoms with E-state index in [-0.39, 0.29) is 6.04 Å². The van der Waals surface area contributed by atoms with Crippen molar-refractivity contribution < 1.29 is 0 Å². The molecule has 0 aliphatic rings. The van der Waals surface area contributed by atoms with Gasteiger partial charge in [0.25, 0.3) is 0 Å². The molecule has 0 fully saturated rings. The molecular formula is C11H10N2S. The van der Waals surface area contributed by atoms with Gasteiger partial charge in [0.2, 0.25) is 0 Å². The molecule has 0 amide bonds. The van der Waals surface area contributed by atoms with Gasteiger partial charge in [0.05, 0.1) is 0 Å². The van der Waals surface area contributed by atoms with Crippen LogP contribution in [0.25, 0.3) is 0 Å². The zero-order valence-electron chi connectivity index (χ0n) is 7.55. The van der Waals surface area contributed by atoms with Crippen LogP contribution in [0, 0.1) is 5.53 Å². The highest BCUT2D eigenvalue weighted by Gasteiger charge is 2.11. The molecule has 1 atom stereocenters. The van der Waals surface area contributed by atoms with Crippen molar-refractivity contribution in [3.8, 4) is 0 Å². The molecular weight excluding hydrogens is 192 g/mol. The number of nitrogens with one attached hydrogen (secondary N) is 1. The van der Waals surface area contributed by atoms with Crippen LogP contribution in [0.4, 0.5) is 0 Å². The normalized spacial score (nSPS) is 12.3. The van der Waals surface area contributed by atoms with Crippen molar-refractivity contribution in [2.24, 2.45) is 5.11 Å². The van der Waals surface area contributed by atoms with Gasteiger partial charge < -0.3 is 0 Å². The van der Waals surface area contributed by atoms with Gasteiger partial charge in [-0.2, -0.15) is 16.5 Å². The van der Waals surface area contributed by atoms with E-state index in [4.69, 9.17) is 5.53 Å². The molecule has 0 saturated heterocycles. The Morgan fingerprint density at radius 3 is 2.43 bits per heavy atom. The highest BCUT2D eigenvalue weighted by Crippen LogP contribution is 2.26. The third-order valence-corrected chi connectivity index (χ3v) is 2.80. The Morgan fingerprint density at radius 2 is 1.86 bits per heavy atom. The van der Waals surface area contributed by atoms with Crippen molar-refractivity contribution >= 4 is 11.3 Å². The zero-order chi connectivity index (χ0) is 9.80. The first-order valence-electron chi connectivity index (χ1n) is 4.35. The number of rotatable bonds is 3. The van der Waals surface area contributed by atoms with Crippen LogP contribution >= 0.6 is 11.3 Å². The predicted octanol–water partition coefficient (Wildman–Crippen LogP) is 3.87. The van der Waals surface area contributed by atoms with Gasteiger partial charge in [0, 0.05) is 0 Å². The molecule has 2 nitrogen and oxygen atoms in total. The highest BCUT2D eigenvalue weighted by atomic mass is 32.1. The number of hydrogen-bond acceptors (Lipinski definition) is 3. The first kappa shape index (κ1) is 9.09. The summed E-state index contributed by atoms with van der Waals surface area (Å²) >= 11 is 1.63. The minimum atomic E-state index is -0.137. The van der Waals surface area contributed by atoms with Crippen LogP contribution in [0.15, 0.2) is 52.3 Å². The fraction of sp³-hybridized carbons (Fsp3) is 0.0909. The van der Waals surface area contributed by atoms with Crippen LogP contribution in [0.3, 0.4) is 0 Å². The maximum absolute atomic E-state index is 7.20. The van der Waals surface area contributed by atoms with Gasteiger partial charge in [0.1, 0.15) is 6.04 Å². The largest absolute Gasteiger partial charge is 0.209 e. The molecule has 1 heterocycles. The lowest BCUT2D eigenvalue weighted by atomic mass is 10.0. The van der Waals surface area contributed by atoms with E-state index < -0.39 is 0 Å². The average Bonchev–Trinajstić information content (AvgIpc) is 2.74. The molecule has 14 heavy (non-hydrogen) atoms. The summed E-state index contributed by atoms with van der Waals surface area (Å²) in [6, 6.07) is 11.8. The molecule has 3 heteroatoms. The van der Waals surface area contributed by atoms with Crippen LogP contribution in [0.1, 0.15) is 17.2 Å². The minimum absolute atomic E-state index is 0.137. The lowest BCUT2D eigenvalue weighted by Gasteiger charge is -2.08. The maximum atomic E-state index is 7.20. The van der Waals surface area contributed by atoms with Gasteiger partial charge in [-0.3, -0.25) is 0 Å². The predicted molar refractivity (Wildman–Crippen MR) is 57.8 cm³/mol. The Kier molecular flexibility index (Phi) is 2.70. The highest BCUT2D eigenvalue weighted by molar-refractivity contribution is 7.08. The summed E-state index contributed by atoms with van der Waals surface area (Å²) in [7, 11) is 0. The summed E-state index contributed by atoms with van der Waals surface area (Å²) < 4.78 is 0. The molecule has 1 aromatic carbocycles. The van der Waals surface area contributed by atoms with Crippen molar-refractivity contribution in [3.05, 3.63) is 58.3 Å². The second-order valence-electron chi connectivity index (χ2n) is 3.00. The summed E-state index contributed by atoms with van der Waals surface area (Å²) in [5, 5.41) is 7.71. The molecule has 1 N–H and O–H groups in total. The summed E-state index contributed by atoms with van der Waals surface area (Å²) in [5.41, 5.74) is 9.37. The first-order chi connectivity index (χ1) is 6.92. The number of hydrogen-bond donors (Lipinski definition) is 1. The van der Waals surface area contributed by atoms with E-state index in [0.29, 0.717) is 0 Å². The lowest BCUT2D eigenvalue weighted by molar-refractivity contribution is 0.779. The summed E-state index contributed by atoms with van der Waals surface area (Å²) in [4.78, 5) is 0. The Bertz CT molecular complexity index is 394. The number of benzene rings is 1. The molecule has 1 aromatic heterocycles. The molecule has 0 aliphatic heterocycles. The van der Waals surface area contributed by atoms with E-state index in [0.717, 1.165) is 11.1 Å². The first-order valence-corrected chi connectivity index (χ1v) is 5.29. The van der Waals surface area contributed by atoms with Crippen molar-refractivity contribution in [2.75, 3.05) is 0 Å². The second-order valence-corrected chi connectivity index (χ2v) is 3.78. The Hall–Kier alpha value is -1.48. The topological polar surface area (TPSA) is 36.2 Å². The van der Waals surface area contributed by atoms with E-state index in [1.54, 1.807) is 11.3 Å². The number of thiophene rings is 1. The van der Waals surface area contributed by atoms with E-state index in [2.05, 4.69) is 5.11 Å². The molecule has 1 unspecified atom stereocenters. The third kappa shape index (κ3) is 1.72. The van der Waals surface area contributed by atoms with E-state index >= 15 is 0 Å². The summed E-state index contributed by atoms with van der Waals surface area (Å²) in [5.74, 6) is 0. The Morgan fingerprint density at radius 1 is 1.07 bits per heavy atom. The zero-order valence-corrected chi connectivity index (χ0v) is 8.37. The summed E-state index contributed by atoms with van der Waals surface area (Å²) in [6.07, 6.45) is 0. The van der Waals surface area contributed by atoms with Crippen LogP contribution in [0.2, 0.25) is 0 Å². The van der Waals surface area contributed by atoms with Crippen LogP contribution in [-0.2, 0) is 0 Å². The SMILES string of the molecule is N=NC(c1ccccc1)c1ccsc1. The monoisotopic (exact) mass is 202 g/mol. The molecule has 70 valence electrons. The smallest absolute Gasteiger partial charge is 0.121 e. The molecule has 0 radical (unpaired) electrons. The molecule has 2 aromatic rings. The van der Waals surface area contributed by atoms with Gasteiger partial charge >= 0.3 is 0 Å². The minimum Gasteiger partial charge on any atom is -0.209 e. The molecule has 0 saturated carbocycles. The van der Waals surface area contributed by atoms with Crippen molar-refractivity contribution in [3.63, 3.8) is 0 Å². The fourth-order valence-corrected chi connectivity index (χ4v) is 2.09. The van der Waals surface area contributed by atoms with E-state index in [9.17, 15) is 0 Å².